The number of nitrogens with two attached hydrogens (primary N) is 1. The molecule has 0 bridgehead atoms. The van der Waals surface area contributed by atoms with Crippen LogP contribution in [0.4, 0.5) is 0 Å². The highest BCUT2D eigenvalue weighted by molar-refractivity contribution is 6.00. The van der Waals surface area contributed by atoms with E-state index in [1.165, 1.54) is 7.11 Å². The average molecular weight is 361 g/mol. The lowest BCUT2D eigenvalue weighted by Crippen LogP contribution is -2.14. The van der Waals surface area contributed by atoms with E-state index < -0.39 is 12.0 Å². The molecular formula is C21H19N3O3. The number of esters is 1. The molecule has 0 aliphatic heterocycles. The van der Waals surface area contributed by atoms with Gasteiger partial charge in [0.2, 0.25) is 5.89 Å². The highest BCUT2D eigenvalue weighted by Gasteiger charge is 2.26. The maximum Gasteiger partial charge on any atom is 0.360 e. The topological polar surface area (TPSA) is 94.1 Å². The molecule has 0 fully saturated rings. The zero-order valence-corrected chi connectivity index (χ0v) is 14.8. The summed E-state index contributed by atoms with van der Waals surface area (Å²) in [6.07, 6.45) is 2.35. The Balaban J connectivity index is 1.76. The lowest BCUT2D eigenvalue weighted by atomic mass is 10.1. The van der Waals surface area contributed by atoms with Crippen LogP contribution in [-0.4, -0.2) is 23.0 Å². The lowest BCUT2D eigenvalue weighted by molar-refractivity contribution is 0.0595. The summed E-state index contributed by atoms with van der Waals surface area (Å²) >= 11 is 0. The van der Waals surface area contributed by atoms with Crippen molar-refractivity contribution in [3.8, 4) is 11.3 Å². The van der Waals surface area contributed by atoms with E-state index in [0.29, 0.717) is 18.1 Å². The number of fused-ring (bicyclic) bond motifs is 1. The predicted molar refractivity (Wildman–Crippen MR) is 102 cm³/mol. The Labute approximate surface area is 156 Å². The van der Waals surface area contributed by atoms with Crippen LogP contribution in [0.1, 0.15) is 28.0 Å². The van der Waals surface area contributed by atoms with Gasteiger partial charge in [-0.25, -0.2) is 9.78 Å². The van der Waals surface area contributed by atoms with Gasteiger partial charge >= 0.3 is 5.97 Å². The number of carbonyl (C=O) groups excluding carboxylic acids is 1. The Morgan fingerprint density at radius 1 is 1.19 bits per heavy atom. The summed E-state index contributed by atoms with van der Waals surface area (Å²) < 4.78 is 10.9. The largest absolute Gasteiger partial charge is 0.464 e. The number of hydrogen-bond donors (Lipinski definition) is 2. The maximum absolute atomic E-state index is 12.3. The standard InChI is InChI=1S/C21H19N3O3/c1-26-21(25)18-19(15-12-23-17-10-6-5-9-14(15)17)27-20(24-18)16(22)11-13-7-3-2-4-8-13/h2-10,12,16,23H,11,22H2,1H3/t16-/m0/s1. The molecule has 27 heavy (non-hydrogen) atoms. The Morgan fingerprint density at radius 3 is 2.70 bits per heavy atom. The monoisotopic (exact) mass is 361 g/mol. The van der Waals surface area contributed by atoms with E-state index in [0.717, 1.165) is 22.0 Å². The van der Waals surface area contributed by atoms with Crippen molar-refractivity contribution < 1.29 is 13.9 Å². The van der Waals surface area contributed by atoms with Gasteiger partial charge in [0.05, 0.1) is 13.2 Å². The third kappa shape index (κ3) is 3.22. The van der Waals surface area contributed by atoms with Gasteiger partial charge in [-0.1, -0.05) is 48.5 Å². The van der Waals surface area contributed by atoms with E-state index in [2.05, 4.69) is 9.97 Å². The number of methoxy groups -OCH3 is 1. The minimum absolute atomic E-state index is 0.126. The van der Waals surface area contributed by atoms with Crippen molar-refractivity contribution in [3.05, 3.63) is 77.9 Å². The number of ether oxygens (including phenoxy) is 1. The van der Waals surface area contributed by atoms with Gasteiger partial charge in [0.25, 0.3) is 0 Å². The molecule has 0 saturated carbocycles. The quantitative estimate of drug-likeness (QED) is 0.527. The van der Waals surface area contributed by atoms with Crippen molar-refractivity contribution in [2.24, 2.45) is 5.73 Å². The van der Waals surface area contributed by atoms with E-state index in [-0.39, 0.29) is 5.69 Å². The number of nitrogens with one attached hydrogen (secondary N) is 1. The number of rotatable bonds is 5. The first-order valence-corrected chi connectivity index (χ1v) is 8.62. The van der Waals surface area contributed by atoms with Crippen LogP contribution in [0, 0.1) is 0 Å². The first-order valence-electron chi connectivity index (χ1n) is 8.62. The van der Waals surface area contributed by atoms with Crippen LogP contribution in [0.5, 0.6) is 0 Å². The summed E-state index contributed by atoms with van der Waals surface area (Å²) in [5.74, 6) is 0.106. The maximum atomic E-state index is 12.3. The zero-order valence-electron chi connectivity index (χ0n) is 14.8. The molecule has 0 aliphatic rings. The van der Waals surface area contributed by atoms with E-state index in [1.54, 1.807) is 6.20 Å². The Hall–Kier alpha value is -3.38. The number of para-hydroxylation sites is 1. The molecule has 0 spiro atoms. The average Bonchev–Trinajstić information content (AvgIpc) is 3.32. The number of H-pyrrole nitrogens is 1. The van der Waals surface area contributed by atoms with Gasteiger partial charge in [-0.3, -0.25) is 0 Å². The molecule has 136 valence electrons. The lowest BCUT2D eigenvalue weighted by Gasteiger charge is -2.07. The van der Waals surface area contributed by atoms with Gasteiger partial charge < -0.3 is 19.9 Å². The molecule has 0 saturated heterocycles. The number of aromatic nitrogens is 2. The molecule has 0 amide bonds. The number of nitrogens with zero attached hydrogens (tertiary/aromatic N) is 1. The van der Waals surface area contributed by atoms with Crippen LogP contribution in [0.3, 0.4) is 0 Å². The van der Waals surface area contributed by atoms with Gasteiger partial charge in [0, 0.05) is 22.7 Å². The smallest absolute Gasteiger partial charge is 0.360 e. The third-order valence-electron chi connectivity index (χ3n) is 4.47. The molecule has 0 radical (unpaired) electrons. The van der Waals surface area contributed by atoms with Crippen molar-refractivity contribution in [2.75, 3.05) is 7.11 Å². The highest BCUT2D eigenvalue weighted by Crippen LogP contribution is 2.33. The number of oxazole rings is 1. The molecule has 0 aliphatic carbocycles. The second kappa shape index (κ2) is 7.09. The van der Waals surface area contributed by atoms with Gasteiger partial charge in [0.15, 0.2) is 11.5 Å². The molecule has 6 nitrogen and oxygen atoms in total. The predicted octanol–water partition coefficient (Wildman–Crippen LogP) is 3.85. The van der Waals surface area contributed by atoms with Crippen molar-refractivity contribution >= 4 is 16.9 Å². The van der Waals surface area contributed by atoms with Crippen LogP contribution in [-0.2, 0) is 11.2 Å². The van der Waals surface area contributed by atoms with Gasteiger partial charge in [-0.2, -0.15) is 0 Å². The number of aromatic amines is 1. The van der Waals surface area contributed by atoms with Crippen molar-refractivity contribution in [1.82, 2.24) is 9.97 Å². The summed E-state index contributed by atoms with van der Waals surface area (Å²) in [5, 5.41) is 0.932. The molecule has 2 aromatic carbocycles. The number of hydrogen-bond acceptors (Lipinski definition) is 5. The van der Waals surface area contributed by atoms with Crippen LogP contribution in [0.25, 0.3) is 22.2 Å². The first kappa shape index (κ1) is 17.1. The van der Waals surface area contributed by atoms with Crippen LogP contribution >= 0.6 is 0 Å². The summed E-state index contributed by atoms with van der Waals surface area (Å²) in [6.45, 7) is 0. The third-order valence-corrected chi connectivity index (χ3v) is 4.47. The Morgan fingerprint density at radius 2 is 1.93 bits per heavy atom. The molecule has 4 aromatic rings. The fourth-order valence-corrected chi connectivity index (χ4v) is 3.13. The fourth-order valence-electron chi connectivity index (χ4n) is 3.13. The normalized spacial score (nSPS) is 12.2. The van der Waals surface area contributed by atoms with E-state index in [4.69, 9.17) is 14.9 Å². The molecular weight excluding hydrogens is 342 g/mol. The van der Waals surface area contributed by atoms with E-state index >= 15 is 0 Å². The van der Waals surface area contributed by atoms with Gasteiger partial charge in [-0.15, -0.1) is 0 Å². The molecule has 4 rings (SSSR count). The van der Waals surface area contributed by atoms with Gasteiger partial charge in [-0.05, 0) is 18.1 Å². The molecule has 3 N–H and O–H groups in total. The highest BCUT2D eigenvalue weighted by atomic mass is 16.5. The molecule has 1 atom stereocenters. The number of carbonyl (C=O) groups is 1. The molecule has 2 heterocycles. The molecule has 2 aromatic heterocycles. The molecule has 6 heteroatoms. The summed E-state index contributed by atoms with van der Waals surface area (Å²) in [6, 6.07) is 17.1. The minimum atomic E-state index is -0.558. The van der Waals surface area contributed by atoms with Crippen molar-refractivity contribution in [3.63, 3.8) is 0 Å². The van der Waals surface area contributed by atoms with E-state index in [1.807, 2.05) is 54.6 Å². The fraction of sp³-hybridized carbons (Fsp3) is 0.143. The van der Waals surface area contributed by atoms with E-state index in [9.17, 15) is 4.79 Å². The minimum Gasteiger partial charge on any atom is -0.464 e. The van der Waals surface area contributed by atoms with Crippen molar-refractivity contribution in [1.29, 1.82) is 0 Å². The second-order valence-corrected chi connectivity index (χ2v) is 6.27. The zero-order chi connectivity index (χ0) is 18.8. The first-order chi connectivity index (χ1) is 13.2. The van der Waals surface area contributed by atoms with Crippen LogP contribution in [0.2, 0.25) is 0 Å². The van der Waals surface area contributed by atoms with Crippen LogP contribution in [0.15, 0.2) is 65.2 Å². The summed E-state index contributed by atoms with van der Waals surface area (Å²) in [7, 11) is 1.32. The van der Waals surface area contributed by atoms with Crippen LogP contribution < -0.4 is 5.73 Å². The summed E-state index contributed by atoms with van der Waals surface area (Å²) in [5.41, 5.74) is 9.18. The summed E-state index contributed by atoms with van der Waals surface area (Å²) in [4.78, 5) is 19.8. The number of benzene rings is 2. The SMILES string of the molecule is COC(=O)c1nc([C@@H](N)Cc2ccccc2)oc1-c1c[nH]c2ccccc12. The van der Waals surface area contributed by atoms with Gasteiger partial charge in [0.1, 0.15) is 0 Å². The Bertz CT molecular complexity index is 1080. The Kier molecular flexibility index (Phi) is 4.48. The molecule has 0 unspecified atom stereocenters. The van der Waals surface area contributed by atoms with Crippen molar-refractivity contribution in [2.45, 2.75) is 12.5 Å². The second-order valence-electron chi connectivity index (χ2n) is 6.27.